The SMILES string of the molecule is CO/C(O)=C/C(C)N(Cc1ccccc1)[Si](C)(C)C. The molecule has 0 aromatic heterocycles. The van der Waals surface area contributed by atoms with E-state index in [0.29, 0.717) is 0 Å². The largest absolute Gasteiger partial charge is 0.481 e. The predicted octanol–water partition coefficient (Wildman–Crippen LogP) is 3.76. The van der Waals surface area contributed by atoms with Crippen molar-refractivity contribution >= 4 is 8.24 Å². The summed E-state index contributed by atoms with van der Waals surface area (Å²) in [7, 11) is -0.00926. The van der Waals surface area contributed by atoms with E-state index in [4.69, 9.17) is 4.74 Å². The van der Waals surface area contributed by atoms with Gasteiger partial charge in [-0.1, -0.05) is 50.0 Å². The summed E-state index contributed by atoms with van der Waals surface area (Å²) in [6.45, 7) is 9.92. The number of hydrogen-bond donors (Lipinski definition) is 1. The first-order valence-corrected chi connectivity index (χ1v) is 10.0. The molecule has 4 heteroatoms. The molecule has 0 fully saturated rings. The number of ether oxygens (including phenoxy) is 1. The van der Waals surface area contributed by atoms with Crippen molar-refractivity contribution in [2.45, 2.75) is 39.2 Å². The summed E-state index contributed by atoms with van der Waals surface area (Å²) in [5.74, 6) is -0.0104. The molecule has 1 aromatic rings. The molecule has 0 amide bonds. The summed E-state index contributed by atoms with van der Waals surface area (Å²) < 4.78 is 7.30. The molecule has 1 rings (SSSR count). The number of benzene rings is 1. The maximum Gasteiger partial charge on any atom is 0.273 e. The van der Waals surface area contributed by atoms with Gasteiger partial charge in [0.25, 0.3) is 5.95 Å². The van der Waals surface area contributed by atoms with Crippen LogP contribution in [0.1, 0.15) is 12.5 Å². The number of hydrogen-bond acceptors (Lipinski definition) is 3. The van der Waals surface area contributed by atoms with Crippen molar-refractivity contribution in [3.8, 4) is 0 Å². The normalized spacial score (nSPS) is 14.5. The van der Waals surface area contributed by atoms with Crippen molar-refractivity contribution in [2.24, 2.45) is 0 Å². The van der Waals surface area contributed by atoms with Gasteiger partial charge in [0.1, 0.15) is 8.24 Å². The summed E-state index contributed by atoms with van der Waals surface area (Å²) in [6.07, 6.45) is 1.77. The lowest BCUT2D eigenvalue weighted by Crippen LogP contribution is -2.49. The second kappa shape index (κ2) is 6.77. The highest BCUT2D eigenvalue weighted by Crippen LogP contribution is 2.19. The molecule has 3 nitrogen and oxygen atoms in total. The van der Waals surface area contributed by atoms with E-state index in [1.165, 1.54) is 12.7 Å². The van der Waals surface area contributed by atoms with Crippen molar-refractivity contribution in [3.05, 3.63) is 47.9 Å². The van der Waals surface area contributed by atoms with Gasteiger partial charge in [0.15, 0.2) is 0 Å². The minimum atomic E-state index is -1.49. The Balaban J connectivity index is 2.90. The average Bonchev–Trinajstić information content (AvgIpc) is 2.35. The molecule has 1 aromatic carbocycles. The molecule has 19 heavy (non-hydrogen) atoms. The molecule has 1 unspecified atom stereocenters. The standard InChI is InChI=1S/C15H25NO2Si/c1-13(11-15(17)18-2)16(19(3,4)5)12-14-9-7-6-8-10-14/h6-11,13,17H,12H2,1-5H3/b15-11+. The highest BCUT2D eigenvalue weighted by atomic mass is 28.3. The number of rotatable bonds is 6. The fourth-order valence-electron chi connectivity index (χ4n) is 2.14. The third-order valence-electron chi connectivity index (χ3n) is 3.14. The maximum absolute atomic E-state index is 9.54. The van der Waals surface area contributed by atoms with E-state index in [2.05, 4.69) is 55.4 Å². The monoisotopic (exact) mass is 279 g/mol. The van der Waals surface area contributed by atoms with Gasteiger partial charge in [-0.05, 0) is 12.5 Å². The molecule has 0 saturated heterocycles. The summed E-state index contributed by atoms with van der Waals surface area (Å²) in [5.41, 5.74) is 1.29. The number of nitrogens with zero attached hydrogens (tertiary/aromatic N) is 1. The first-order chi connectivity index (χ1) is 8.84. The topological polar surface area (TPSA) is 32.7 Å². The molecule has 0 bridgehead atoms. The molecule has 0 radical (unpaired) electrons. The third-order valence-corrected chi connectivity index (χ3v) is 5.43. The van der Waals surface area contributed by atoms with Crippen LogP contribution in [0.5, 0.6) is 0 Å². The van der Waals surface area contributed by atoms with Gasteiger partial charge in [-0.2, -0.15) is 0 Å². The molecule has 0 aliphatic carbocycles. The molecule has 0 saturated carbocycles. The third kappa shape index (κ3) is 5.08. The van der Waals surface area contributed by atoms with Gasteiger partial charge < -0.3 is 14.4 Å². The second-order valence-electron chi connectivity index (χ2n) is 5.73. The lowest BCUT2D eigenvalue weighted by Gasteiger charge is -2.38. The van der Waals surface area contributed by atoms with Crippen LogP contribution in [0, 0.1) is 0 Å². The quantitative estimate of drug-likeness (QED) is 0.636. The summed E-state index contributed by atoms with van der Waals surface area (Å²) >= 11 is 0. The van der Waals surface area contributed by atoms with Crippen molar-refractivity contribution in [2.75, 3.05) is 7.11 Å². The molecule has 106 valence electrons. The fourth-order valence-corrected chi connectivity index (χ4v) is 4.09. The van der Waals surface area contributed by atoms with Crippen molar-refractivity contribution in [1.29, 1.82) is 0 Å². The summed E-state index contributed by atoms with van der Waals surface area (Å²) in [6, 6.07) is 10.6. The molecule has 0 aliphatic heterocycles. The van der Waals surface area contributed by atoms with Crippen LogP contribution in [0.15, 0.2) is 42.4 Å². The lowest BCUT2D eigenvalue weighted by atomic mass is 10.2. The van der Waals surface area contributed by atoms with E-state index in [1.807, 2.05) is 6.07 Å². The number of aliphatic hydroxyl groups excluding tert-OH is 1. The molecule has 0 aliphatic rings. The Kier molecular flexibility index (Phi) is 5.63. The van der Waals surface area contributed by atoms with Gasteiger partial charge in [0.2, 0.25) is 0 Å². The highest BCUT2D eigenvalue weighted by molar-refractivity contribution is 6.73. The van der Waals surface area contributed by atoms with Gasteiger partial charge >= 0.3 is 0 Å². The van der Waals surface area contributed by atoms with Crippen LogP contribution >= 0.6 is 0 Å². The van der Waals surface area contributed by atoms with Crippen LogP contribution in [-0.4, -0.2) is 31.1 Å². The molecule has 1 atom stereocenters. The van der Waals surface area contributed by atoms with E-state index >= 15 is 0 Å². The minimum absolute atomic E-state index is 0.0104. The Labute approximate surface area is 117 Å². The van der Waals surface area contributed by atoms with E-state index in [0.717, 1.165) is 6.54 Å². The first kappa shape index (κ1) is 15.8. The first-order valence-electron chi connectivity index (χ1n) is 6.60. The maximum atomic E-state index is 9.54. The zero-order valence-corrected chi connectivity index (χ0v) is 13.6. The second-order valence-corrected chi connectivity index (χ2v) is 10.7. The van der Waals surface area contributed by atoms with E-state index < -0.39 is 8.24 Å². The van der Waals surface area contributed by atoms with Crippen molar-refractivity contribution in [3.63, 3.8) is 0 Å². The van der Waals surface area contributed by atoms with Crippen LogP contribution in [0.2, 0.25) is 19.6 Å². The number of methoxy groups -OCH3 is 1. The molecule has 0 spiro atoms. The van der Waals surface area contributed by atoms with E-state index in [-0.39, 0.29) is 12.0 Å². The Morgan fingerprint density at radius 3 is 2.37 bits per heavy atom. The van der Waals surface area contributed by atoms with Gasteiger partial charge in [0.05, 0.1) is 7.11 Å². The Bertz CT molecular complexity index is 412. The van der Waals surface area contributed by atoms with Crippen LogP contribution in [0.3, 0.4) is 0 Å². The summed E-state index contributed by atoms with van der Waals surface area (Å²) in [4.78, 5) is 0. The van der Waals surface area contributed by atoms with E-state index in [9.17, 15) is 5.11 Å². The minimum Gasteiger partial charge on any atom is -0.481 e. The number of aliphatic hydroxyl groups is 1. The fraction of sp³-hybridized carbons (Fsp3) is 0.467. The molecule has 1 N–H and O–H groups in total. The Morgan fingerprint density at radius 1 is 1.32 bits per heavy atom. The molecular weight excluding hydrogens is 254 g/mol. The van der Waals surface area contributed by atoms with Crippen LogP contribution in [-0.2, 0) is 11.3 Å². The summed E-state index contributed by atoms with van der Waals surface area (Å²) in [5, 5.41) is 9.54. The molecule has 0 heterocycles. The van der Waals surface area contributed by atoms with Crippen molar-refractivity contribution in [1.82, 2.24) is 4.57 Å². The lowest BCUT2D eigenvalue weighted by molar-refractivity contribution is 0.131. The molecular formula is C15H25NO2Si. The smallest absolute Gasteiger partial charge is 0.273 e. The zero-order chi connectivity index (χ0) is 14.5. The average molecular weight is 279 g/mol. The van der Waals surface area contributed by atoms with Gasteiger partial charge in [-0.25, -0.2) is 0 Å². The van der Waals surface area contributed by atoms with Crippen LogP contribution in [0.25, 0.3) is 0 Å². The van der Waals surface area contributed by atoms with Gasteiger partial charge in [-0.15, -0.1) is 0 Å². The van der Waals surface area contributed by atoms with Crippen molar-refractivity contribution < 1.29 is 9.84 Å². The van der Waals surface area contributed by atoms with E-state index in [1.54, 1.807) is 6.08 Å². The van der Waals surface area contributed by atoms with Crippen LogP contribution in [0.4, 0.5) is 0 Å². The zero-order valence-electron chi connectivity index (χ0n) is 12.6. The Hall–Kier alpha value is -1.26. The van der Waals surface area contributed by atoms with Crippen LogP contribution < -0.4 is 0 Å². The Morgan fingerprint density at radius 2 is 1.89 bits per heavy atom. The van der Waals surface area contributed by atoms with Gasteiger partial charge in [-0.3, -0.25) is 0 Å². The van der Waals surface area contributed by atoms with Gasteiger partial charge in [0, 0.05) is 18.7 Å². The predicted molar refractivity (Wildman–Crippen MR) is 82.5 cm³/mol. The highest BCUT2D eigenvalue weighted by Gasteiger charge is 2.27.